The summed E-state index contributed by atoms with van der Waals surface area (Å²) < 4.78 is 17.9. The minimum Gasteiger partial charge on any atom is -0.493 e. The highest BCUT2D eigenvalue weighted by atomic mass is 35.5. The monoisotopic (exact) mass is 500 g/mol. The van der Waals surface area contributed by atoms with E-state index in [0.717, 1.165) is 55.6 Å². The van der Waals surface area contributed by atoms with Crippen LogP contribution in [0, 0.1) is 0 Å². The quantitative estimate of drug-likeness (QED) is 0.329. The third kappa shape index (κ3) is 5.22. The Morgan fingerprint density at radius 2 is 1.91 bits per heavy atom. The second-order valence-electron chi connectivity index (χ2n) is 9.79. The van der Waals surface area contributed by atoms with E-state index in [1.807, 2.05) is 50.2 Å². The molecule has 1 saturated heterocycles. The van der Waals surface area contributed by atoms with Gasteiger partial charge in [-0.3, -0.25) is 0 Å². The molecule has 0 amide bonds. The van der Waals surface area contributed by atoms with Crippen LogP contribution < -0.4 is 4.74 Å². The Labute approximate surface area is 210 Å². The van der Waals surface area contributed by atoms with E-state index >= 15 is 0 Å². The van der Waals surface area contributed by atoms with E-state index in [4.69, 9.17) is 37.1 Å². The number of nitrogens with zero attached hydrogens (tertiary/aromatic N) is 2. The summed E-state index contributed by atoms with van der Waals surface area (Å²) in [6.07, 6.45) is 3.25. The van der Waals surface area contributed by atoms with Gasteiger partial charge in [-0.15, -0.1) is 0 Å². The number of hydrogen-bond donors (Lipinski definition) is 0. The number of ether oxygens (including phenoxy) is 2. The number of hydrogen-bond acceptors (Lipinski definition) is 5. The molecular formula is C27H30Cl2N2O3. The van der Waals surface area contributed by atoms with Crippen LogP contribution in [-0.4, -0.2) is 49.2 Å². The van der Waals surface area contributed by atoms with Gasteiger partial charge >= 0.3 is 0 Å². The lowest BCUT2D eigenvalue weighted by atomic mass is 9.89. The van der Waals surface area contributed by atoms with Crippen molar-refractivity contribution in [2.45, 2.75) is 44.6 Å². The molecule has 2 aliphatic rings. The molecule has 3 heterocycles. The fourth-order valence-corrected chi connectivity index (χ4v) is 5.01. The van der Waals surface area contributed by atoms with Gasteiger partial charge in [0, 0.05) is 12.6 Å². The molecule has 0 saturated carbocycles. The number of likely N-dealkylation sites (tertiary alicyclic amines) is 1. The lowest BCUT2D eigenvalue weighted by Crippen LogP contribution is -2.34. The van der Waals surface area contributed by atoms with Crippen LogP contribution in [0.2, 0.25) is 10.0 Å². The zero-order valence-corrected chi connectivity index (χ0v) is 21.2. The minimum absolute atomic E-state index is 0.218. The highest BCUT2D eigenvalue weighted by Crippen LogP contribution is 2.33. The van der Waals surface area contributed by atoms with Crippen molar-refractivity contribution >= 4 is 40.1 Å². The average molecular weight is 501 g/mol. The molecule has 0 unspecified atom stereocenters. The van der Waals surface area contributed by atoms with Crippen molar-refractivity contribution in [3.8, 4) is 5.75 Å². The van der Waals surface area contributed by atoms with Crippen molar-refractivity contribution < 1.29 is 13.9 Å². The molecule has 7 heteroatoms. The molecule has 2 aliphatic heterocycles. The van der Waals surface area contributed by atoms with Crippen molar-refractivity contribution in [2.75, 3.05) is 32.8 Å². The third-order valence-electron chi connectivity index (χ3n) is 6.58. The summed E-state index contributed by atoms with van der Waals surface area (Å²) in [6, 6.07) is 13.9. The molecule has 1 aromatic heterocycles. The van der Waals surface area contributed by atoms with Gasteiger partial charge in [0.15, 0.2) is 5.76 Å². The molecule has 5 nitrogen and oxygen atoms in total. The normalized spacial score (nSPS) is 18.8. The number of fused-ring (bicyclic) bond motifs is 1. The zero-order valence-electron chi connectivity index (χ0n) is 19.7. The van der Waals surface area contributed by atoms with Crippen LogP contribution in [0.5, 0.6) is 5.75 Å². The molecule has 0 N–H and O–H groups in total. The summed E-state index contributed by atoms with van der Waals surface area (Å²) in [5.74, 6) is 2.61. The third-order valence-corrected chi connectivity index (χ3v) is 7.32. The number of halogens is 2. The van der Waals surface area contributed by atoms with Gasteiger partial charge < -0.3 is 18.8 Å². The first-order valence-corrected chi connectivity index (χ1v) is 12.7. The largest absolute Gasteiger partial charge is 0.493 e. The highest BCUT2D eigenvalue weighted by molar-refractivity contribution is 6.42. The fraction of sp³-hybridized carbons (Fsp3) is 0.444. The Balaban J connectivity index is 1.12. The number of benzene rings is 2. The van der Waals surface area contributed by atoms with Gasteiger partial charge in [-0.2, -0.15) is 0 Å². The van der Waals surface area contributed by atoms with Crippen LogP contribution in [0.1, 0.15) is 50.4 Å². The van der Waals surface area contributed by atoms with E-state index in [0.29, 0.717) is 40.8 Å². The second kappa shape index (κ2) is 9.80. The Morgan fingerprint density at radius 1 is 1.09 bits per heavy atom. The van der Waals surface area contributed by atoms with Gasteiger partial charge in [-0.05, 0) is 81.9 Å². The first kappa shape index (κ1) is 23.5. The van der Waals surface area contributed by atoms with E-state index in [-0.39, 0.29) is 5.54 Å². The summed E-state index contributed by atoms with van der Waals surface area (Å²) in [5.41, 5.74) is 1.86. The summed E-state index contributed by atoms with van der Waals surface area (Å²) in [4.78, 5) is 7.14. The second-order valence-corrected chi connectivity index (χ2v) is 10.6. The Morgan fingerprint density at radius 3 is 2.65 bits per heavy atom. The van der Waals surface area contributed by atoms with Crippen LogP contribution >= 0.6 is 23.2 Å². The molecule has 0 aliphatic carbocycles. The number of piperidine rings is 1. The van der Waals surface area contributed by atoms with Gasteiger partial charge in [0.05, 0.1) is 27.6 Å². The molecule has 0 spiro atoms. The first-order chi connectivity index (χ1) is 16.4. The first-order valence-electron chi connectivity index (χ1n) is 11.9. The number of aliphatic imine (C=N–C) groups is 1. The maximum absolute atomic E-state index is 6.20. The van der Waals surface area contributed by atoms with Gasteiger partial charge in [-0.25, -0.2) is 4.99 Å². The zero-order chi connectivity index (χ0) is 23.7. The maximum Gasteiger partial charge on any atom is 0.253 e. The molecule has 0 atom stereocenters. The summed E-state index contributed by atoms with van der Waals surface area (Å²) in [5, 5.41) is 2.22. The van der Waals surface area contributed by atoms with E-state index < -0.39 is 0 Å². The maximum atomic E-state index is 6.20. The smallest absolute Gasteiger partial charge is 0.253 e. The lowest BCUT2D eigenvalue weighted by Gasteiger charge is -2.32. The highest BCUT2D eigenvalue weighted by Gasteiger charge is 2.29. The van der Waals surface area contributed by atoms with E-state index in [9.17, 15) is 0 Å². The van der Waals surface area contributed by atoms with E-state index in [2.05, 4.69) is 16.0 Å². The summed E-state index contributed by atoms with van der Waals surface area (Å²) in [6.45, 7) is 8.53. The summed E-state index contributed by atoms with van der Waals surface area (Å²) >= 11 is 12.3. The molecular weight excluding hydrogens is 471 g/mol. The van der Waals surface area contributed by atoms with Crippen LogP contribution in [0.25, 0.3) is 11.0 Å². The number of rotatable bonds is 7. The molecule has 0 radical (unpaired) electrons. The number of furan rings is 1. The van der Waals surface area contributed by atoms with Crippen molar-refractivity contribution in [3.63, 3.8) is 0 Å². The van der Waals surface area contributed by atoms with Gasteiger partial charge in [0.2, 0.25) is 0 Å². The molecule has 180 valence electrons. The predicted octanol–water partition coefficient (Wildman–Crippen LogP) is 6.94. The lowest BCUT2D eigenvalue weighted by molar-refractivity contribution is 0.193. The van der Waals surface area contributed by atoms with Gasteiger partial charge in [0.25, 0.3) is 5.90 Å². The van der Waals surface area contributed by atoms with Crippen molar-refractivity contribution in [1.82, 2.24) is 4.90 Å². The fourth-order valence-electron chi connectivity index (χ4n) is 4.70. The SMILES string of the molecule is CC1(C)COC(c2cc3c(OCCCN4CCC(c5ccc(Cl)c(Cl)c5)CC4)cccc3o2)=N1. The van der Waals surface area contributed by atoms with Crippen molar-refractivity contribution in [2.24, 2.45) is 4.99 Å². The molecule has 34 heavy (non-hydrogen) atoms. The van der Waals surface area contributed by atoms with Crippen molar-refractivity contribution in [3.05, 3.63) is 63.8 Å². The molecule has 1 fully saturated rings. The molecule has 0 bridgehead atoms. The Kier molecular flexibility index (Phi) is 6.79. The Hall–Kier alpha value is -2.21. The van der Waals surface area contributed by atoms with Crippen LogP contribution in [-0.2, 0) is 4.74 Å². The molecule has 2 aromatic carbocycles. The van der Waals surface area contributed by atoms with Crippen LogP contribution in [0.15, 0.2) is 51.9 Å². The van der Waals surface area contributed by atoms with Gasteiger partial charge in [0.1, 0.15) is 17.9 Å². The summed E-state index contributed by atoms with van der Waals surface area (Å²) in [7, 11) is 0. The van der Waals surface area contributed by atoms with E-state index in [1.54, 1.807) is 0 Å². The molecule has 5 rings (SSSR count). The van der Waals surface area contributed by atoms with Crippen LogP contribution in [0.4, 0.5) is 0 Å². The van der Waals surface area contributed by atoms with Crippen LogP contribution in [0.3, 0.4) is 0 Å². The standard InChI is InChI=1S/C27H30Cl2N2O3/c1-27(2)17-33-26(30-27)25-16-20-23(5-3-6-24(20)34-25)32-14-4-11-31-12-9-18(10-13-31)19-7-8-21(28)22(29)15-19/h3,5-8,15-16,18H,4,9-14,17H2,1-2H3. The predicted molar refractivity (Wildman–Crippen MR) is 138 cm³/mol. The minimum atomic E-state index is -0.218. The van der Waals surface area contributed by atoms with Crippen molar-refractivity contribution in [1.29, 1.82) is 0 Å². The average Bonchev–Trinajstić information content (AvgIpc) is 3.42. The van der Waals surface area contributed by atoms with E-state index in [1.165, 1.54) is 5.56 Å². The topological polar surface area (TPSA) is 47.2 Å². The van der Waals surface area contributed by atoms with Gasteiger partial charge in [-0.1, -0.05) is 35.3 Å². The molecule has 3 aromatic rings. The Bertz CT molecular complexity index is 1200.